The Labute approximate surface area is 96.0 Å². The Morgan fingerprint density at radius 3 is 2.94 bits per heavy atom. The molecule has 4 heteroatoms. The molecule has 16 heavy (non-hydrogen) atoms. The van der Waals surface area contributed by atoms with Crippen molar-refractivity contribution in [1.29, 1.82) is 5.41 Å². The van der Waals surface area contributed by atoms with Crippen molar-refractivity contribution in [2.75, 3.05) is 11.4 Å². The van der Waals surface area contributed by atoms with Gasteiger partial charge in [0.15, 0.2) is 0 Å². The molecular formula is C12H18N4. The van der Waals surface area contributed by atoms with Gasteiger partial charge in [0.1, 0.15) is 5.84 Å². The van der Waals surface area contributed by atoms with Crippen LogP contribution >= 0.6 is 0 Å². The van der Waals surface area contributed by atoms with E-state index in [0.29, 0.717) is 6.04 Å². The molecule has 0 spiro atoms. The summed E-state index contributed by atoms with van der Waals surface area (Å²) in [6, 6.07) is 2.45. The lowest BCUT2D eigenvalue weighted by Gasteiger charge is -2.25. The first kappa shape index (κ1) is 10.9. The van der Waals surface area contributed by atoms with Gasteiger partial charge in [-0.15, -0.1) is 0 Å². The van der Waals surface area contributed by atoms with Crippen molar-refractivity contribution in [3.05, 3.63) is 24.0 Å². The maximum atomic E-state index is 7.59. The van der Waals surface area contributed by atoms with E-state index in [0.717, 1.165) is 24.2 Å². The fraction of sp³-hybridized carbons (Fsp3) is 0.500. The molecule has 0 aromatic carbocycles. The van der Waals surface area contributed by atoms with Crippen LogP contribution in [0.5, 0.6) is 0 Å². The molecular weight excluding hydrogens is 200 g/mol. The third kappa shape index (κ3) is 2.15. The maximum Gasteiger partial charge on any atom is 0.125 e. The molecule has 0 unspecified atom stereocenters. The van der Waals surface area contributed by atoms with Gasteiger partial charge < -0.3 is 10.6 Å². The molecule has 3 N–H and O–H groups in total. The van der Waals surface area contributed by atoms with Gasteiger partial charge in [0.05, 0.1) is 11.9 Å². The number of nitrogens with two attached hydrogens (primary N) is 1. The Bertz CT molecular complexity index is 384. The summed E-state index contributed by atoms with van der Waals surface area (Å²) in [5.41, 5.74) is 7.41. The minimum Gasteiger partial charge on any atom is -0.384 e. The second kappa shape index (κ2) is 4.51. The van der Waals surface area contributed by atoms with E-state index in [4.69, 9.17) is 11.1 Å². The van der Waals surface area contributed by atoms with E-state index < -0.39 is 0 Å². The van der Waals surface area contributed by atoms with Crippen LogP contribution in [-0.2, 0) is 0 Å². The zero-order valence-electron chi connectivity index (χ0n) is 9.61. The minimum absolute atomic E-state index is 0.124. The fourth-order valence-corrected chi connectivity index (χ4v) is 1.97. The molecule has 0 amide bonds. The van der Waals surface area contributed by atoms with Crippen LogP contribution in [0.2, 0.25) is 0 Å². The van der Waals surface area contributed by atoms with E-state index in [2.05, 4.69) is 16.8 Å². The molecule has 1 aromatic rings. The van der Waals surface area contributed by atoms with E-state index in [9.17, 15) is 0 Å². The second-order valence-electron chi connectivity index (χ2n) is 4.23. The zero-order valence-corrected chi connectivity index (χ0v) is 9.61. The van der Waals surface area contributed by atoms with E-state index in [1.165, 1.54) is 12.8 Å². The average molecular weight is 218 g/mol. The molecule has 1 fully saturated rings. The number of anilines is 1. The lowest BCUT2D eigenvalue weighted by Crippen LogP contribution is -2.29. The molecule has 0 bridgehead atoms. The van der Waals surface area contributed by atoms with Crippen LogP contribution in [0.4, 0.5) is 5.69 Å². The lowest BCUT2D eigenvalue weighted by molar-refractivity contribution is 0.760. The Hall–Kier alpha value is -1.58. The fourth-order valence-electron chi connectivity index (χ4n) is 1.97. The number of hydrogen-bond donors (Lipinski definition) is 2. The largest absolute Gasteiger partial charge is 0.384 e. The minimum atomic E-state index is 0.124. The number of amidine groups is 1. The lowest BCUT2D eigenvalue weighted by atomic mass is 10.2. The maximum absolute atomic E-state index is 7.59. The summed E-state index contributed by atoms with van der Waals surface area (Å²) in [6.45, 7) is 3.18. The van der Waals surface area contributed by atoms with Gasteiger partial charge in [0.2, 0.25) is 0 Å². The van der Waals surface area contributed by atoms with Crippen LogP contribution in [-0.4, -0.2) is 23.4 Å². The smallest absolute Gasteiger partial charge is 0.125 e. The van der Waals surface area contributed by atoms with Gasteiger partial charge in [-0.2, -0.15) is 0 Å². The molecule has 4 nitrogen and oxygen atoms in total. The molecule has 1 saturated carbocycles. The first-order valence-corrected chi connectivity index (χ1v) is 5.79. The van der Waals surface area contributed by atoms with Crippen molar-refractivity contribution < 1.29 is 0 Å². The second-order valence-corrected chi connectivity index (χ2v) is 4.23. The average Bonchev–Trinajstić information content (AvgIpc) is 3.10. The first-order valence-electron chi connectivity index (χ1n) is 5.79. The number of rotatable bonds is 5. The van der Waals surface area contributed by atoms with Crippen LogP contribution in [0, 0.1) is 5.41 Å². The number of nitrogens with zero attached hydrogens (tertiary/aromatic N) is 2. The topological polar surface area (TPSA) is 66.0 Å². The normalized spacial score (nSPS) is 14.8. The highest BCUT2D eigenvalue weighted by atomic mass is 15.2. The Kier molecular flexibility index (Phi) is 3.08. The van der Waals surface area contributed by atoms with Crippen molar-refractivity contribution in [2.24, 2.45) is 5.73 Å². The van der Waals surface area contributed by atoms with Gasteiger partial charge in [0, 0.05) is 24.3 Å². The number of hydrogen-bond acceptors (Lipinski definition) is 3. The van der Waals surface area contributed by atoms with Crippen LogP contribution in [0.3, 0.4) is 0 Å². The number of pyridine rings is 1. The molecule has 1 heterocycles. The summed E-state index contributed by atoms with van der Waals surface area (Å²) in [4.78, 5) is 6.48. The van der Waals surface area contributed by atoms with Gasteiger partial charge in [-0.25, -0.2) is 0 Å². The van der Waals surface area contributed by atoms with Crippen molar-refractivity contribution >= 4 is 11.5 Å². The quantitative estimate of drug-likeness (QED) is 0.584. The van der Waals surface area contributed by atoms with Crippen LogP contribution in [0.15, 0.2) is 18.5 Å². The molecule has 1 aromatic heterocycles. The Morgan fingerprint density at radius 1 is 1.62 bits per heavy atom. The predicted molar refractivity (Wildman–Crippen MR) is 65.9 cm³/mol. The van der Waals surface area contributed by atoms with Gasteiger partial charge in [0.25, 0.3) is 0 Å². The van der Waals surface area contributed by atoms with E-state index in [1.807, 2.05) is 12.3 Å². The summed E-state index contributed by atoms with van der Waals surface area (Å²) < 4.78 is 0. The monoisotopic (exact) mass is 218 g/mol. The van der Waals surface area contributed by atoms with Crippen molar-refractivity contribution in [3.63, 3.8) is 0 Å². The predicted octanol–water partition coefficient (Wildman–Crippen LogP) is 1.74. The van der Waals surface area contributed by atoms with E-state index >= 15 is 0 Å². The van der Waals surface area contributed by atoms with Crippen LogP contribution in [0.25, 0.3) is 0 Å². The summed E-state index contributed by atoms with van der Waals surface area (Å²) in [5.74, 6) is 0.124. The van der Waals surface area contributed by atoms with Crippen molar-refractivity contribution in [1.82, 2.24) is 4.98 Å². The zero-order chi connectivity index (χ0) is 11.5. The summed E-state index contributed by atoms with van der Waals surface area (Å²) >= 11 is 0. The standard InChI is InChI=1S/C12H18N4/c1-2-7-16(9-3-4-9)11-8-15-6-5-10(11)12(13)14/h5-6,8-9H,2-4,7H2,1H3,(H3,13,14). The number of aromatic nitrogens is 1. The van der Waals surface area contributed by atoms with Gasteiger partial charge in [-0.1, -0.05) is 6.92 Å². The molecule has 1 aliphatic rings. The molecule has 0 saturated heterocycles. The van der Waals surface area contributed by atoms with E-state index in [1.54, 1.807) is 6.20 Å². The number of nitrogen functional groups attached to an aromatic ring is 1. The first-order chi connectivity index (χ1) is 7.74. The molecule has 0 aliphatic heterocycles. The summed E-state index contributed by atoms with van der Waals surface area (Å²) in [7, 11) is 0. The van der Waals surface area contributed by atoms with Gasteiger partial charge in [-0.3, -0.25) is 10.4 Å². The molecule has 1 aliphatic carbocycles. The third-order valence-electron chi connectivity index (χ3n) is 2.85. The van der Waals surface area contributed by atoms with E-state index in [-0.39, 0.29) is 5.84 Å². The van der Waals surface area contributed by atoms with Crippen LogP contribution < -0.4 is 10.6 Å². The van der Waals surface area contributed by atoms with Gasteiger partial charge >= 0.3 is 0 Å². The Morgan fingerprint density at radius 2 is 2.38 bits per heavy atom. The van der Waals surface area contributed by atoms with Crippen LogP contribution in [0.1, 0.15) is 31.7 Å². The molecule has 0 radical (unpaired) electrons. The summed E-state index contributed by atoms with van der Waals surface area (Å²) in [5, 5.41) is 7.59. The highest BCUT2D eigenvalue weighted by Gasteiger charge is 2.30. The van der Waals surface area contributed by atoms with Gasteiger partial charge in [-0.05, 0) is 25.3 Å². The van der Waals surface area contributed by atoms with Crippen molar-refractivity contribution in [3.8, 4) is 0 Å². The number of nitrogens with one attached hydrogen (secondary N) is 1. The summed E-state index contributed by atoms with van der Waals surface area (Å²) in [6.07, 6.45) is 7.10. The molecule has 86 valence electrons. The molecule has 2 rings (SSSR count). The third-order valence-corrected chi connectivity index (χ3v) is 2.85. The SMILES string of the molecule is CCCN(c1cnccc1C(=N)N)C1CC1. The highest BCUT2D eigenvalue weighted by molar-refractivity contribution is 6.00. The van der Waals surface area contributed by atoms with Crippen molar-refractivity contribution in [2.45, 2.75) is 32.2 Å². The highest BCUT2D eigenvalue weighted by Crippen LogP contribution is 2.33. The molecule has 0 atom stereocenters. The Balaban J connectivity index is 2.32.